The Balaban J connectivity index is 1.92. The van der Waals surface area contributed by atoms with Gasteiger partial charge in [-0.15, -0.1) is 10.2 Å². The molecule has 6 nitrogen and oxygen atoms in total. The number of hydrogen-bond donors (Lipinski definition) is 0. The summed E-state index contributed by atoms with van der Waals surface area (Å²) in [4.78, 5) is 16.6. The van der Waals surface area contributed by atoms with Crippen LogP contribution in [-0.4, -0.2) is 60.1 Å². The Kier molecular flexibility index (Phi) is 5.66. The van der Waals surface area contributed by atoms with Crippen molar-refractivity contribution in [3.8, 4) is 22.6 Å². The minimum Gasteiger partial charge on any atom is -0.421 e. The average Bonchev–Trinajstić information content (AvgIpc) is 3.11. The van der Waals surface area contributed by atoms with Crippen molar-refractivity contribution in [2.75, 3.05) is 34.2 Å². The summed E-state index contributed by atoms with van der Waals surface area (Å²) >= 11 is 0. The Hall–Kier alpha value is -2.99. The van der Waals surface area contributed by atoms with Crippen LogP contribution in [0, 0.1) is 6.92 Å². The Morgan fingerprint density at radius 1 is 0.963 bits per heavy atom. The second kappa shape index (κ2) is 8.14. The van der Waals surface area contributed by atoms with E-state index in [0.717, 1.165) is 23.2 Å². The summed E-state index contributed by atoms with van der Waals surface area (Å²) in [5.41, 5.74) is 3.40. The Labute approximate surface area is 159 Å². The number of benzene rings is 2. The van der Waals surface area contributed by atoms with E-state index in [9.17, 15) is 4.79 Å². The van der Waals surface area contributed by atoms with Crippen LogP contribution < -0.4 is 0 Å². The van der Waals surface area contributed by atoms with Crippen LogP contribution in [0.1, 0.15) is 16.2 Å². The maximum absolute atomic E-state index is 12.8. The number of aryl methyl sites for hydroxylation is 1. The molecule has 0 aliphatic heterocycles. The quantitative estimate of drug-likeness (QED) is 0.671. The van der Waals surface area contributed by atoms with E-state index in [1.807, 2.05) is 69.7 Å². The van der Waals surface area contributed by atoms with E-state index in [1.54, 1.807) is 11.8 Å². The largest absolute Gasteiger partial charge is 0.421 e. The lowest BCUT2D eigenvalue weighted by molar-refractivity contribution is 0.0786. The molecule has 2 aromatic carbocycles. The van der Waals surface area contributed by atoms with Crippen LogP contribution in [0.3, 0.4) is 0 Å². The van der Waals surface area contributed by atoms with Crippen molar-refractivity contribution in [3.63, 3.8) is 0 Å². The molecule has 0 saturated carbocycles. The van der Waals surface area contributed by atoms with Crippen LogP contribution in [0.4, 0.5) is 0 Å². The van der Waals surface area contributed by atoms with Gasteiger partial charge in [-0.1, -0.05) is 30.3 Å². The van der Waals surface area contributed by atoms with E-state index in [-0.39, 0.29) is 5.91 Å². The highest BCUT2D eigenvalue weighted by molar-refractivity contribution is 5.96. The van der Waals surface area contributed by atoms with Gasteiger partial charge in [0.05, 0.1) is 0 Å². The first-order valence-electron chi connectivity index (χ1n) is 8.86. The lowest BCUT2D eigenvalue weighted by Gasteiger charge is -2.20. The Bertz CT molecular complexity index is 933. The van der Waals surface area contributed by atoms with Gasteiger partial charge < -0.3 is 14.2 Å². The standard InChI is InChI=1S/C21H24N4O2/c1-15-22-23-20(27-15)19-11-6-5-10-18(19)16-8-7-9-17(14-16)21(26)25(4)13-12-24(2)3/h5-11,14H,12-13H2,1-4H3. The van der Waals surface area contributed by atoms with E-state index in [1.165, 1.54) is 0 Å². The van der Waals surface area contributed by atoms with Crippen LogP contribution in [0.2, 0.25) is 0 Å². The Morgan fingerprint density at radius 2 is 1.70 bits per heavy atom. The molecule has 0 radical (unpaired) electrons. The number of likely N-dealkylation sites (N-methyl/N-ethyl adjacent to an activating group) is 2. The minimum atomic E-state index is 0.00446. The molecule has 27 heavy (non-hydrogen) atoms. The van der Waals surface area contributed by atoms with E-state index >= 15 is 0 Å². The second-order valence-corrected chi connectivity index (χ2v) is 6.78. The topological polar surface area (TPSA) is 62.5 Å². The second-order valence-electron chi connectivity index (χ2n) is 6.78. The monoisotopic (exact) mass is 364 g/mol. The molecule has 0 saturated heterocycles. The van der Waals surface area contributed by atoms with E-state index in [0.29, 0.717) is 23.9 Å². The first-order valence-corrected chi connectivity index (χ1v) is 8.86. The molecule has 0 bridgehead atoms. The fraction of sp³-hybridized carbons (Fsp3) is 0.286. The van der Waals surface area contributed by atoms with Crippen LogP contribution in [0.5, 0.6) is 0 Å². The van der Waals surface area contributed by atoms with Gasteiger partial charge in [-0.2, -0.15) is 0 Å². The summed E-state index contributed by atoms with van der Waals surface area (Å²) in [6.07, 6.45) is 0. The van der Waals surface area contributed by atoms with Crippen molar-refractivity contribution in [2.45, 2.75) is 6.92 Å². The summed E-state index contributed by atoms with van der Waals surface area (Å²) < 4.78 is 5.60. The molecule has 140 valence electrons. The summed E-state index contributed by atoms with van der Waals surface area (Å²) in [7, 11) is 5.82. The third-order valence-electron chi connectivity index (χ3n) is 4.33. The van der Waals surface area contributed by atoms with Crippen LogP contribution in [0.25, 0.3) is 22.6 Å². The molecule has 3 rings (SSSR count). The fourth-order valence-corrected chi connectivity index (χ4v) is 2.82. The van der Waals surface area contributed by atoms with Gasteiger partial charge >= 0.3 is 0 Å². The maximum atomic E-state index is 12.8. The molecule has 0 atom stereocenters. The van der Waals surface area contributed by atoms with Crippen LogP contribution in [-0.2, 0) is 0 Å². The van der Waals surface area contributed by atoms with E-state index in [4.69, 9.17) is 4.42 Å². The van der Waals surface area contributed by atoms with Crippen molar-refractivity contribution in [2.24, 2.45) is 0 Å². The number of aromatic nitrogens is 2. The van der Waals surface area contributed by atoms with Crippen molar-refractivity contribution in [3.05, 3.63) is 60.0 Å². The number of hydrogen-bond acceptors (Lipinski definition) is 5. The van der Waals surface area contributed by atoms with E-state index in [2.05, 4.69) is 15.1 Å². The van der Waals surface area contributed by atoms with Crippen molar-refractivity contribution in [1.82, 2.24) is 20.0 Å². The summed E-state index contributed by atoms with van der Waals surface area (Å²) in [5.74, 6) is 0.999. The molecular formula is C21H24N4O2. The normalized spacial score (nSPS) is 11.0. The maximum Gasteiger partial charge on any atom is 0.253 e. The predicted octanol–water partition coefficient (Wildman–Crippen LogP) is 3.35. The smallest absolute Gasteiger partial charge is 0.253 e. The predicted molar refractivity (Wildman–Crippen MR) is 105 cm³/mol. The Morgan fingerprint density at radius 3 is 2.37 bits per heavy atom. The van der Waals surface area contributed by atoms with Gasteiger partial charge in [0.25, 0.3) is 5.91 Å². The van der Waals surface area contributed by atoms with Crippen molar-refractivity contribution in [1.29, 1.82) is 0 Å². The van der Waals surface area contributed by atoms with Gasteiger partial charge in [-0.05, 0) is 43.4 Å². The van der Waals surface area contributed by atoms with E-state index < -0.39 is 0 Å². The third-order valence-corrected chi connectivity index (χ3v) is 4.33. The summed E-state index contributed by atoms with van der Waals surface area (Å²) in [5, 5.41) is 8.05. The summed E-state index contributed by atoms with van der Waals surface area (Å²) in [6, 6.07) is 15.5. The molecule has 3 aromatic rings. The number of carbonyl (C=O) groups is 1. The molecular weight excluding hydrogens is 340 g/mol. The van der Waals surface area contributed by atoms with Gasteiger partial charge in [-0.25, -0.2) is 0 Å². The molecule has 6 heteroatoms. The minimum absolute atomic E-state index is 0.00446. The lowest BCUT2D eigenvalue weighted by Crippen LogP contribution is -2.33. The van der Waals surface area contributed by atoms with Gasteiger partial charge in [0, 0.05) is 38.2 Å². The number of amides is 1. The molecule has 0 aliphatic carbocycles. The molecule has 0 unspecified atom stereocenters. The number of rotatable bonds is 6. The zero-order chi connectivity index (χ0) is 19.4. The highest BCUT2D eigenvalue weighted by Gasteiger charge is 2.16. The van der Waals surface area contributed by atoms with Crippen molar-refractivity contribution < 1.29 is 9.21 Å². The molecule has 1 amide bonds. The molecule has 0 N–H and O–H groups in total. The van der Waals surface area contributed by atoms with Gasteiger partial charge in [0.1, 0.15) is 0 Å². The highest BCUT2D eigenvalue weighted by Crippen LogP contribution is 2.31. The first-order chi connectivity index (χ1) is 13.0. The molecule has 0 aliphatic rings. The van der Waals surface area contributed by atoms with Gasteiger partial charge in [0.2, 0.25) is 11.8 Å². The zero-order valence-electron chi connectivity index (χ0n) is 16.1. The van der Waals surface area contributed by atoms with Crippen LogP contribution >= 0.6 is 0 Å². The molecule has 0 fully saturated rings. The summed E-state index contributed by atoms with van der Waals surface area (Å²) in [6.45, 7) is 3.26. The molecule has 1 aromatic heterocycles. The number of nitrogens with zero attached hydrogens (tertiary/aromatic N) is 4. The van der Waals surface area contributed by atoms with Gasteiger partial charge in [0.15, 0.2) is 0 Å². The highest BCUT2D eigenvalue weighted by atomic mass is 16.4. The molecule has 1 heterocycles. The van der Waals surface area contributed by atoms with Crippen LogP contribution in [0.15, 0.2) is 52.9 Å². The first kappa shape index (κ1) is 18.8. The lowest BCUT2D eigenvalue weighted by atomic mass is 9.97. The zero-order valence-corrected chi connectivity index (χ0v) is 16.1. The van der Waals surface area contributed by atoms with Crippen molar-refractivity contribution >= 4 is 5.91 Å². The SMILES string of the molecule is Cc1nnc(-c2ccccc2-c2cccc(C(=O)N(C)CCN(C)C)c2)o1. The van der Waals surface area contributed by atoms with Gasteiger partial charge in [-0.3, -0.25) is 4.79 Å². The fourth-order valence-electron chi connectivity index (χ4n) is 2.82. The number of carbonyl (C=O) groups excluding carboxylic acids is 1. The average molecular weight is 364 g/mol. The molecule has 0 spiro atoms. The third kappa shape index (κ3) is 4.41.